The van der Waals surface area contributed by atoms with Gasteiger partial charge in [-0.15, -0.1) is 0 Å². The molecule has 21 heavy (non-hydrogen) atoms. The number of nitro benzene ring substituents is 1. The van der Waals surface area contributed by atoms with E-state index < -0.39 is 4.92 Å². The number of thioether (sulfide) groups is 1. The van der Waals surface area contributed by atoms with Gasteiger partial charge < -0.3 is 10.2 Å². The first-order valence-electron chi connectivity index (χ1n) is 5.86. The van der Waals surface area contributed by atoms with E-state index in [9.17, 15) is 10.1 Å². The van der Waals surface area contributed by atoms with Crippen LogP contribution in [0, 0.1) is 17.0 Å². The highest BCUT2D eigenvalue weighted by molar-refractivity contribution is 7.98. The molecular formula is C12H13N5O3S. The highest BCUT2D eigenvalue weighted by Crippen LogP contribution is 2.32. The van der Waals surface area contributed by atoms with Gasteiger partial charge in [0.25, 0.3) is 0 Å². The van der Waals surface area contributed by atoms with Crippen LogP contribution in [0.15, 0.2) is 29.4 Å². The molecule has 0 saturated heterocycles. The Morgan fingerprint density at radius 3 is 2.76 bits per heavy atom. The Hall–Kier alpha value is -2.39. The molecule has 0 fully saturated rings. The third-order valence-corrected chi connectivity index (χ3v) is 3.09. The first-order valence-corrected chi connectivity index (χ1v) is 7.08. The Kier molecular flexibility index (Phi) is 4.55. The number of anilines is 1. The van der Waals surface area contributed by atoms with Crippen molar-refractivity contribution in [2.45, 2.75) is 12.1 Å². The molecule has 0 amide bonds. The van der Waals surface area contributed by atoms with E-state index in [0.717, 1.165) is 5.56 Å². The lowest BCUT2D eigenvalue weighted by Gasteiger charge is -2.08. The molecule has 0 spiro atoms. The van der Waals surface area contributed by atoms with E-state index in [2.05, 4.69) is 15.4 Å². The monoisotopic (exact) mass is 307 g/mol. The van der Waals surface area contributed by atoms with Crippen LogP contribution in [0.2, 0.25) is 0 Å². The summed E-state index contributed by atoms with van der Waals surface area (Å²) >= 11 is 1.31. The minimum absolute atomic E-state index is 0.119. The van der Waals surface area contributed by atoms with Crippen LogP contribution in [0.1, 0.15) is 5.56 Å². The number of nitrogens with one attached hydrogen (secondary N) is 1. The quantitative estimate of drug-likeness (QED) is 0.284. The third-order valence-electron chi connectivity index (χ3n) is 2.54. The highest BCUT2D eigenvalue weighted by atomic mass is 32.2. The molecule has 0 aliphatic carbocycles. The number of benzene rings is 1. The second-order valence-corrected chi connectivity index (χ2v) is 4.83. The number of rotatable bonds is 5. The normalized spacial score (nSPS) is 10.2. The zero-order chi connectivity index (χ0) is 15.4. The maximum atomic E-state index is 11.0. The van der Waals surface area contributed by atoms with Gasteiger partial charge >= 0.3 is 5.69 Å². The number of nitrogens with two attached hydrogens (primary N) is 1. The lowest BCUT2D eigenvalue weighted by Crippen LogP contribution is -2.09. The van der Waals surface area contributed by atoms with Crippen molar-refractivity contribution >= 4 is 23.3 Å². The van der Waals surface area contributed by atoms with Crippen LogP contribution in [0.3, 0.4) is 0 Å². The Balaban J connectivity index is 2.42. The van der Waals surface area contributed by atoms with Gasteiger partial charge in [-0.05, 0) is 24.8 Å². The molecule has 0 atom stereocenters. The molecule has 3 N–H and O–H groups in total. The maximum Gasteiger partial charge on any atom is 0.311 e. The van der Waals surface area contributed by atoms with Gasteiger partial charge in [0.05, 0.1) is 4.92 Å². The fourth-order valence-corrected chi connectivity index (χ4v) is 1.96. The van der Waals surface area contributed by atoms with Crippen molar-refractivity contribution in [1.29, 1.82) is 0 Å². The fraction of sp³-hybridized carbons (Fsp3) is 0.167. The van der Waals surface area contributed by atoms with Gasteiger partial charge in [-0.3, -0.25) is 10.1 Å². The molecule has 1 heterocycles. The van der Waals surface area contributed by atoms with Crippen LogP contribution >= 0.6 is 11.8 Å². The van der Waals surface area contributed by atoms with Gasteiger partial charge in [0.2, 0.25) is 11.6 Å². The average Bonchev–Trinajstić information content (AvgIpc) is 2.46. The summed E-state index contributed by atoms with van der Waals surface area (Å²) in [5.41, 5.74) is 3.11. The second kappa shape index (κ2) is 6.37. The van der Waals surface area contributed by atoms with Crippen molar-refractivity contribution in [2.75, 3.05) is 11.7 Å². The fourth-order valence-electron chi connectivity index (χ4n) is 1.59. The minimum Gasteiger partial charge on any atom is -0.432 e. The van der Waals surface area contributed by atoms with E-state index in [1.807, 2.05) is 6.92 Å². The molecular weight excluding hydrogens is 294 g/mol. The van der Waals surface area contributed by atoms with Crippen molar-refractivity contribution in [1.82, 2.24) is 9.97 Å². The predicted octanol–water partition coefficient (Wildman–Crippen LogP) is 2.49. The zero-order valence-electron chi connectivity index (χ0n) is 11.4. The molecule has 2 aromatic rings. The van der Waals surface area contributed by atoms with E-state index in [4.69, 9.17) is 10.6 Å². The number of aromatic nitrogens is 2. The van der Waals surface area contributed by atoms with Gasteiger partial charge in [0, 0.05) is 12.1 Å². The number of hydrogen-bond donors (Lipinski definition) is 2. The summed E-state index contributed by atoms with van der Waals surface area (Å²) in [7, 11) is 0. The van der Waals surface area contributed by atoms with Gasteiger partial charge in [-0.2, -0.15) is 4.98 Å². The number of ether oxygens (including phenoxy) is 1. The SMILES string of the molecule is CSc1nc(NN)cc(Oc2cc(C)ccc2[N+](=O)[O-])n1. The number of hydrazine groups is 1. The smallest absolute Gasteiger partial charge is 0.311 e. The molecule has 0 unspecified atom stereocenters. The van der Waals surface area contributed by atoms with Crippen LogP contribution in [0.5, 0.6) is 11.6 Å². The van der Waals surface area contributed by atoms with Crippen LogP contribution < -0.4 is 16.0 Å². The van der Waals surface area contributed by atoms with Crippen LogP contribution in [0.4, 0.5) is 11.5 Å². The Morgan fingerprint density at radius 1 is 1.38 bits per heavy atom. The van der Waals surface area contributed by atoms with E-state index >= 15 is 0 Å². The average molecular weight is 307 g/mol. The summed E-state index contributed by atoms with van der Waals surface area (Å²) in [5, 5.41) is 11.5. The highest BCUT2D eigenvalue weighted by Gasteiger charge is 2.17. The van der Waals surface area contributed by atoms with Crippen molar-refractivity contribution in [3.05, 3.63) is 39.9 Å². The molecule has 0 aliphatic heterocycles. The largest absolute Gasteiger partial charge is 0.432 e. The van der Waals surface area contributed by atoms with Gasteiger partial charge in [-0.1, -0.05) is 17.8 Å². The van der Waals surface area contributed by atoms with Crippen LogP contribution in [-0.4, -0.2) is 21.1 Å². The Bertz CT molecular complexity index is 658. The first kappa shape index (κ1) is 15.0. The summed E-state index contributed by atoms with van der Waals surface area (Å²) in [6.07, 6.45) is 1.80. The summed E-state index contributed by atoms with van der Waals surface area (Å²) in [4.78, 5) is 18.7. The Labute approximate surface area is 124 Å². The predicted molar refractivity (Wildman–Crippen MR) is 79.5 cm³/mol. The molecule has 0 saturated carbocycles. The molecule has 0 bridgehead atoms. The number of nitro groups is 1. The molecule has 2 rings (SSSR count). The Morgan fingerprint density at radius 2 is 2.14 bits per heavy atom. The van der Waals surface area contributed by atoms with Gasteiger partial charge in [0.1, 0.15) is 5.82 Å². The lowest BCUT2D eigenvalue weighted by atomic mass is 10.2. The molecule has 9 heteroatoms. The summed E-state index contributed by atoms with van der Waals surface area (Å²) in [6.45, 7) is 1.82. The van der Waals surface area contributed by atoms with E-state index in [1.165, 1.54) is 23.9 Å². The van der Waals surface area contributed by atoms with E-state index in [-0.39, 0.29) is 17.3 Å². The van der Waals surface area contributed by atoms with Crippen molar-refractivity contribution in [3.8, 4) is 11.6 Å². The van der Waals surface area contributed by atoms with E-state index in [0.29, 0.717) is 11.0 Å². The van der Waals surface area contributed by atoms with Crippen LogP contribution in [0.25, 0.3) is 0 Å². The number of aryl methyl sites for hydroxylation is 1. The summed E-state index contributed by atoms with van der Waals surface area (Å²) in [6, 6.07) is 6.08. The number of nitrogens with zero attached hydrogens (tertiary/aromatic N) is 3. The van der Waals surface area contributed by atoms with E-state index in [1.54, 1.807) is 18.4 Å². The standard InChI is InChI=1S/C12H13N5O3S/c1-7-3-4-8(17(18)19)9(5-7)20-11-6-10(16-13)14-12(15-11)21-2/h3-6H,13H2,1-2H3,(H,14,15,16). The molecule has 0 aliphatic rings. The van der Waals surface area contributed by atoms with Gasteiger partial charge in [-0.25, -0.2) is 10.8 Å². The summed E-state index contributed by atoms with van der Waals surface area (Å²) < 4.78 is 5.53. The van der Waals surface area contributed by atoms with Crippen LogP contribution in [-0.2, 0) is 0 Å². The van der Waals surface area contributed by atoms with Gasteiger partial charge in [0.15, 0.2) is 5.16 Å². The molecule has 8 nitrogen and oxygen atoms in total. The number of nitrogen functional groups attached to an aromatic ring is 1. The number of hydrogen-bond acceptors (Lipinski definition) is 8. The molecule has 1 aromatic heterocycles. The summed E-state index contributed by atoms with van der Waals surface area (Å²) in [5.74, 6) is 5.98. The molecule has 0 radical (unpaired) electrons. The zero-order valence-corrected chi connectivity index (χ0v) is 12.2. The second-order valence-electron chi connectivity index (χ2n) is 4.05. The van der Waals surface area contributed by atoms with Crippen molar-refractivity contribution in [3.63, 3.8) is 0 Å². The molecule has 1 aromatic carbocycles. The first-order chi connectivity index (χ1) is 10.0. The topological polar surface area (TPSA) is 116 Å². The maximum absolute atomic E-state index is 11.0. The minimum atomic E-state index is -0.506. The molecule has 110 valence electrons. The third kappa shape index (κ3) is 3.58. The van der Waals surface area contributed by atoms with Crippen molar-refractivity contribution < 1.29 is 9.66 Å². The lowest BCUT2D eigenvalue weighted by molar-refractivity contribution is -0.385. The van der Waals surface area contributed by atoms with Crippen molar-refractivity contribution in [2.24, 2.45) is 5.84 Å².